The maximum absolute atomic E-state index is 14.9. The van der Waals surface area contributed by atoms with Gasteiger partial charge in [0.15, 0.2) is 29.5 Å². The highest BCUT2D eigenvalue weighted by molar-refractivity contribution is 5.92. The Morgan fingerprint density at radius 2 is 0.963 bits per heavy atom. The van der Waals surface area contributed by atoms with Crippen LogP contribution in [0.4, 0.5) is 0 Å². The predicted octanol–water partition coefficient (Wildman–Crippen LogP) is 12.8. The smallest absolute Gasteiger partial charge is 0.338 e. The molecule has 0 amide bonds. The quantitative estimate of drug-likeness (QED) is 0.0255. The number of methoxy groups -OCH3 is 1. The third kappa shape index (κ3) is 15.4. The number of fused-ring (bicyclic) bond motifs is 1. The van der Waals surface area contributed by atoms with Gasteiger partial charge in [0.25, 0.3) is 0 Å². The molecule has 0 aliphatic carbocycles. The van der Waals surface area contributed by atoms with Gasteiger partial charge in [0, 0.05) is 17.7 Å². The van der Waals surface area contributed by atoms with Crippen LogP contribution in [0.5, 0.6) is 28.7 Å². The van der Waals surface area contributed by atoms with E-state index in [9.17, 15) is 24.0 Å². The molecule has 1 fully saturated rings. The molecule has 0 saturated carbocycles. The monoisotopic (exact) mass is 1100 g/mol. The fraction of sp³-hybridized carbons (Fsp3) is 0.338. The highest BCUT2D eigenvalue weighted by Gasteiger charge is 2.54. The molecule has 8 rings (SSSR count). The van der Waals surface area contributed by atoms with E-state index in [0.717, 1.165) is 51.4 Å². The van der Waals surface area contributed by atoms with Gasteiger partial charge < -0.3 is 51.8 Å². The van der Waals surface area contributed by atoms with Gasteiger partial charge in [-0.2, -0.15) is 0 Å². The zero-order chi connectivity index (χ0) is 56.9. The SMILES string of the molecule is CCCCCOc1ccc(-c2oc3cc(O[C@@H]4OC(COC(=O)c5ccccc5)[C@@H](OC(=O)c5ccccc5)C(OC(=O)c5ccccc5)[C@@H]4OC(=O)c4ccccc4)cc(OCCCCC)c3c(=O)c2OC)cc1OCCCCC. The number of esters is 4. The number of benzene rings is 6. The average Bonchev–Trinajstić information content (AvgIpc) is 3.50. The number of hydrogen-bond acceptors (Lipinski definition) is 16. The Labute approximate surface area is 471 Å². The first kappa shape index (κ1) is 58.5. The standard InChI is InChI=1S/C65H68O16/c1-5-8-23-36-72-49-35-34-47(39-50(49)73-37-24-9-6-2)56-58(71-4)55(66)54-51(74-38-25-10-7-3)40-48(41-52(54)77-56)76-65-60(81-64(70)46-32-21-14-22-33-46)59(80-63(69)45-30-19-13-20-31-45)57(79-62(68)44-28-17-12-18-29-44)53(78-65)42-75-61(67)43-26-15-11-16-27-43/h11-22,26-35,39-41,53,57,59-60,65H,5-10,23-25,36-38,42H2,1-4H3/t53?,57-,59?,60+,65-/m1/s1. The lowest BCUT2D eigenvalue weighted by Gasteiger charge is -2.44. The molecule has 2 heterocycles. The van der Waals surface area contributed by atoms with E-state index in [-0.39, 0.29) is 62.8 Å². The Morgan fingerprint density at radius 3 is 1.47 bits per heavy atom. The van der Waals surface area contributed by atoms with Crippen molar-refractivity contribution in [2.75, 3.05) is 33.5 Å². The maximum Gasteiger partial charge on any atom is 0.338 e. The van der Waals surface area contributed by atoms with Gasteiger partial charge in [-0.25, -0.2) is 19.2 Å². The summed E-state index contributed by atoms with van der Waals surface area (Å²) in [6.07, 6.45) is -0.236. The van der Waals surface area contributed by atoms with Crippen LogP contribution in [0.1, 0.15) is 120 Å². The molecule has 1 aliphatic rings. The zero-order valence-electron chi connectivity index (χ0n) is 46.0. The predicted molar refractivity (Wildman–Crippen MR) is 302 cm³/mol. The van der Waals surface area contributed by atoms with Gasteiger partial charge in [-0.05, 0) is 86.0 Å². The lowest BCUT2D eigenvalue weighted by molar-refractivity contribution is -0.275. The summed E-state index contributed by atoms with van der Waals surface area (Å²) >= 11 is 0. The second-order valence-corrected chi connectivity index (χ2v) is 19.2. The van der Waals surface area contributed by atoms with E-state index in [1.54, 1.807) is 103 Å². The fourth-order valence-corrected chi connectivity index (χ4v) is 9.04. The molecule has 0 radical (unpaired) electrons. The first-order valence-electron chi connectivity index (χ1n) is 27.6. The first-order valence-corrected chi connectivity index (χ1v) is 27.6. The summed E-state index contributed by atoms with van der Waals surface area (Å²) in [5.74, 6) is -2.35. The van der Waals surface area contributed by atoms with Crippen molar-refractivity contribution in [2.45, 2.75) is 109 Å². The third-order valence-corrected chi connectivity index (χ3v) is 13.3. The first-order chi connectivity index (χ1) is 39.6. The molecule has 16 nitrogen and oxygen atoms in total. The molecule has 0 bridgehead atoms. The number of rotatable bonds is 28. The van der Waals surface area contributed by atoms with E-state index in [1.807, 2.05) is 0 Å². The van der Waals surface area contributed by atoms with Crippen LogP contribution in [0, 0.1) is 0 Å². The molecule has 6 aromatic carbocycles. The van der Waals surface area contributed by atoms with E-state index >= 15 is 0 Å². The van der Waals surface area contributed by atoms with Gasteiger partial charge in [-0.15, -0.1) is 0 Å². The molecular formula is C65H68O16. The molecule has 81 heavy (non-hydrogen) atoms. The van der Waals surface area contributed by atoms with E-state index in [4.69, 9.17) is 51.8 Å². The summed E-state index contributed by atoms with van der Waals surface area (Å²) in [6.45, 7) is 6.82. The van der Waals surface area contributed by atoms with Crippen LogP contribution in [0.25, 0.3) is 22.3 Å². The van der Waals surface area contributed by atoms with Gasteiger partial charge in [-0.3, -0.25) is 4.79 Å². The van der Waals surface area contributed by atoms with Crippen molar-refractivity contribution in [3.05, 3.63) is 184 Å². The molecule has 7 aromatic rings. The highest BCUT2D eigenvalue weighted by atomic mass is 16.7. The Kier molecular flexibility index (Phi) is 21.3. The van der Waals surface area contributed by atoms with Crippen molar-refractivity contribution in [3.63, 3.8) is 0 Å². The molecule has 16 heteroatoms. The van der Waals surface area contributed by atoms with Crippen molar-refractivity contribution in [1.29, 1.82) is 0 Å². The van der Waals surface area contributed by atoms with Crippen LogP contribution in [-0.4, -0.2) is 88.1 Å². The second kappa shape index (κ2) is 29.5. The van der Waals surface area contributed by atoms with Gasteiger partial charge >= 0.3 is 23.9 Å². The molecule has 424 valence electrons. The number of carbonyl (C=O) groups excluding carboxylic acids is 4. The Hall–Kier alpha value is -8.63. The van der Waals surface area contributed by atoms with E-state index in [0.29, 0.717) is 36.7 Å². The van der Waals surface area contributed by atoms with Crippen LogP contribution >= 0.6 is 0 Å². The normalized spacial score (nSPS) is 16.6. The van der Waals surface area contributed by atoms with E-state index in [2.05, 4.69) is 20.8 Å². The molecule has 1 aromatic heterocycles. The van der Waals surface area contributed by atoms with Crippen molar-refractivity contribution >= 4 is 34.8 Å². The average molecular weight is 1110 g/mol. The Bertz CT molecular complexity index is 3220. The Morgan fingerprint density at radius 1 is 0.494 bits per heavy atom. The van der Waals surface area contributed by atoms with Crippen molar-refractivity contribution in [3.8, 4) is 40.1 Å². The third-order valence-electron chi connectivity index (χ3n) is 13.3. The number of hydrogen-bond donors (Lipinski definition) is 0. The minimum atomic E-state index is -1.74. The van der Waals surface area contributed by atoms with Crippen LogP contribution in [-0.2, 0) is 23.7 Å². The van der Waals surface area contributed by atoms with Crippen LogP contribution in [0.3, 0.4) is 0 Å². The topological polar surface area (TPSA) is 191 Å². The number of unbranched alkanes of at least 4 members (excludes halogenated alkanes) is 6. The van der Waals surface area contributed by atoms with Gasteiger partial charge in [0.05, 0.1) is 49.2 Å². The summed E-state index contributed by atoms with van der Waals surface area (Å²) in [4.78, 5) is 71.4. The van der Waals surface area contributed by atoms with E-state index < -0.39 is 66.6 Å². The fourth-order valence-electron chi connectivity index (χ4n) is 9.04. The number of ether oxygens (including phenoxy) is 10. The van der Waals surface area contributed by atoms with E-state index in [1.165, 1.54) is 55.6 Å². The largest absolute Gasteiger partial charge is 0.493 e. The molecule has 5 atom stereocenters. The number of carbonyl (C=O) groups is 4. The Balaban J connectivity index is 1.27. The highest BCUT2D eigenvalue weighted by Crippen LogP contribution is 2.41. The lowest BCUT2D eigenvalue weighted by Crippen LogP contribution is -2.63. The van der Waals surface area contributed by atoms with Crippen molar-refractivity contribution < 1.29 is 71.0 Å². The molecule has 2 unspecified atom stereocenters. The van der Waals surface area contributed by atoms with Crippen LogP contribution in [0.2, 0.25) is 0 Å². The molecule has 1 saturated heterocycles. The molecule has 0 N–H and O–H groups in total. The van der Waals surface area contributed by atoms with Gasteiger partial charge in [0.1, 0.15) is 35.2 Å². The minimum absolute atomic E-state index is 0.00722. The molecular weight excluding hydrogens is 1040 g/mol. The van der Waals surface area contributed by atoms with Crippen molar-refractivity contribution in [2.24, 2.45) is 0 Å². The summed E-state index contributed by atoms with van der Waals surface area (Å²) in [5, 5.41) is 0.0382. The zero-order valence-corrected chi connectivity index (χ0v) is 46.0. The minimum Gasteiger partial charge on any atom is -0.493 e. The summed E-state index contributed by atoms with van der Waals surface area (Å²) < 4.78 is 69.6. The van der Waals surface area contributed by atoms with Gasteiger partial charge in [-0.1, -0.05) is 132 Å². The van der Waals surface area contributed by atoms with Gasteiger partial charge in [0.2, 0.25) is 23.6 Å². The summed E-state index contributed by atoms with van der Waals surface area (Å²) in [7, 11) is 1.38. The summed E-state index contributed by atoms with van der Waals surface area (Å²) in [5.41, 5.74) is 0.476. The van der Waals surface area contributed by atoms with Crippen LogP contribution in [0.15, 0.2) is 161 Å². The second-order valence-electron chi connectivity index (χ2n) is 19.2. The summed E-state index contributed by atoms with van der Waals surface area (Å²) in [6, 6.07) is 40.6. The molecule has 0 spiro atoms. The van der Waals surface area contributed by atoms with Crippen molar-refractivity contribution in [1.82, 2.24) is 0 Å². The molecule has 1 aliphatic heterocycles. The lowest BCUT2D eigenvalue weighted by atomic mass is 9.97. The van der Waals surface area contributed by atoms with Crippen LogP contribution < -0.4 is 29.1 Å². The maximum atomic E-state index is 14.9.